The number of ether oxygens (including phenoxy) is 3. The van der Waals surface area contributed by atoms with Crippen LogP contribution in [0, 0.1) is 0 Å². The van der Waals surface area contributed by atoms with Gasteiger partial charge < -0.3 is 19.5 Å². The zero-order valence-corrected chi connectivity index (χ0v) is 13.7. The molecular formula is C19H17NO5. The van der Waals surface area contributed by atoms with Crippen LogP contribution in [0.4, 0.5) is 5.69 Å². The lowest BCUT2D eigenvalue weighted by atomic mass is 10.0. The summed E-state index contributed by atoms with van der Waals surface area (Å²) in [5, 5.41) is 2.95. The Hall–Kier alpha value is -3.28. The predicted molar refractivity (Wildman–Crippen MR) is 91.7 cm³/mol. The van der Waals surface area contributed by atoms with E-state index >= 15 is 0 Å². The summed E-state index contributed by atoms with van der Waals surface area (Å²) in [6.45, 7) is 1.98. The average molecular weight is 339 g/mol. The van der Waals surface area contributed by atoms with Gasteiger partial charge in [-0.2, -0.15) is 0 Å². The minimum absolute atomic E-state index is 0.0930. The Balaban J connectivity index is 1.88. The van der Waals surface area contributed by atoms with Crippen LogP contribution in [-0.2, 0) is 9.53 Å². The minimum Gasteiger partial charge on any atom is -0.462 e. The highest BCUT2D eigenvalue weighted by atomic mass is 16.7. The van der Waals surface area contributed by atoms with E-state index < -0.39 is 11.8 Å². The maximum absolute atomic E-state index is 12.8. The number of anilines is 1. The van der Waals surface area contributed by atoms with Crippen molar-refractivity contribution in [3.05, 3.63) is 65.9 Å². The largest absolute Gasteiger partial charge is 0.462 e. The number of hydrogen-bond acceptors (Lipinski definition) is 6. The molecule has 0 aliphatic carbocycles. The smallest absolute Gasteiger partial charge is 0.343 e. The first-order valence-electron chi connectivity index (χ1n) is 7.82. The summed E-state index contributed by atoms with van der Waals surface area (Å²) >= 11 is 0. The van der Waals surface area contributed by atoms with Gasteiger partial charge in [-0.3, -0.25) is 4.79 Å². The van der Waals surface area contributed by atoms with E-state index in [9.17, 15) is 9.59 Å². The van der Waals surface area contributed by atoms with E-state index in [0.717, 1.165) is 5.69 Å². The average Bonchev–Trinajstić information content (AvgIpc) is 3.10. The van der Waals surface area contributed by atoms with Gasteiger partial charge in [-0.05, 0) is 37.3 Å². The van der Waals surface area contributed by atoms with E-state index in [1.165, 1.54) is 6.20 Å². The third kappa shape index (κ3) is 3.80. The molecule has 0 fully saturated rings. The van der Waals surface area contributed by atoms with E-state index in [1.807, 2.05) is 30.3 Å². The molecule has 3 rings (SSSR count). The molecule has 128 valence electrons. The minimum atomic E-state index is -0.686. The molecule has 25 heavy (non-hydrogen) atoms. The number of nitrogens with one attached hydrogen (secondary N) is 1. The Morgan fingerprint density at radius 3 is 2.64 bits per heavy atom. The first-order chi connectivity index (χ1) is 12.2. The molecule has 0 aromatic heterocycles. The molecule has 0 saturated heterocycles. The number of hydrogen-bond donors (Lipinski definition) is 1. The molecule has 0 amide bonds. The number of carbonyl (C=O) groups is 2. The molecule has 1 N–H and O–H groups in total. The van der Waals surface area contributed by atoms with Crippen LogP contribution in [0.5, 0.6) is 11.5 Å². The molecule has 0 spiro atoms. The molecule has 2 aromatic rings. The van der Waals surface area contributed by atoms with Gasteiger partial charge in [0.1, 0.15) is 5.57 Å². The third-order valence-corrected chi connectivity index (χ3v) is 3.53. The second-order valence-electron chi connectivity index (χ2n) is 5.19. The predicted octanol–water partition coefficient (Wildman–Crippen LogP) is 3.16. The van der Waals surface area contributed by atoms with Crippen LogP contribution in [0.2, 0.25) is 0 Å². The maximum Gasteiger partial charge on any atom is 0.343 e. The molecule has 1 heterocycles. The highest BCUT2D eigenvalue weighted by molar-refractivity contribution is 6.24. The number of benzene rings is 2. The summed E-state index contributed by atoms with van der Waals surface area (Å²) in [6.07, 6.45) is 1.36. The van der Waals surface area contributed by atoms with E-state index in [4.69, 9.17) is 14.2 Å². The summed E-state index contributed by atoms with van der Waals surface area (Å²) in [5.74, 6) is -0.0977. The quantitative estimate of drug-likeness (QED) is 0.286. The second-order valence-corrected chi connectivity index (χ2v) is 5.19. The fraction of sp³-hybridized carbons (Fsp3) is 0.158. The van der Waals surface area contributed by atoms with Crippen molar-refractivity contribution in [3.8, 4) is 11.5 Å². The lowest BCUT2D eigenvalue weighted by molar-refractivity contribution is -0.138. The fourth-order valence-corrected chi connectivity index (χ4v) is 2.31. The monoisotopic (exact) mass is 339 g/mol. The standard InChI is InChI=1S/C19H17NO5/c1-2-23-19(22)15(11-20-14-6-4-3-5-7-14)18(21)13-8-9-16-17(10-13)25-12-24-16/h3-11,20H,2,12H2,1H3. The maximum atomic E-state index is 12.8. The van der Waals surface area contributed by atoms with Crippen molar-refractivity contribution in [2.45, 2.75) is 6.92 Å². The van der Waals surface area contributed by atoms with Gasteiger partial charge in [0.2, 0.25) is 12.6 Å². The first-order valence-corrected chi connectivity index (χ1v) is 7.82. The number of carbonyl (C=O) groups excluding carboxylic acids is 2. The van der Waals surface area contributed by atoms with Gasteiger partial charge in [-0.25, -0.2) is 4.79 Å². The molecule has 0 unspecified atom stereocenters. The Bertz CT molecular complexity index is 814. The van der Waals surface area contributed by atoms with Gasteiger partial charge in [0, 0.05) is 17.5 Å². The normalized spacial score (nSPS) is 12.6. The molecule has 6 nitrogen and oxygen atoms in total. The van der Waals surface area contributed by atoms with E-state index in [0.29, 0.717) is 17.1 Å². The number of rotatable bonds is 6. The van der Waals surface area contributed by atoms with Crippen molar-refractivity contribution in [1.29, 1.82) is 0 Å². The third-order valence-electron chi connectivity index (χ3n) is 3.53. The number of esters is 1. The molecule has 0 radical (unpaired) electrons. The SMILES string of the molecule is CCOC(=O)C(=CNc1ccccc1)C(=O)c1ccc2c(c1)OCO2. The zero-order valence-electron chi connectivity index (χ0n) is 13.7. The number of para-hydroxylation sites is 1. The van der Waals surface area contributed by atoms with Crippen LogP contribution >= 0.6 is 0 Å². The molecule has 0 saturated carbocycles. The molecule has 2 aromatic carbocycles. The molecular weight excluding hydrogens is 322 g/mol. The van der Waals surface area contributed by atoms with E-state index in [1.54, 1.807) is 25.1 Å². The zero-order chi connectivity index (χ0) is 17.6. The van der Waals surface area contributed by atoms with Crippen LogP contribution in [0.15, 0.2) is 60.3 Å². The number of fused-ring (bicyclic) bond motifs is 1. The van der Waals surface area contributed by atoms with Gasteiger partial charge in [0.15, 0.2) is 11.5 Å². The van der Waals surface area contributed by atoms with Crippen molar-refractivity contribution >= 4 is 17.4 Å². The van der Waals surface area contributed by atoms with Gasteiger partial charge in [0.25, 0.3) is 0 Å². The molecule has 1 aliphatic heterocycles. The Morgan fingerprint density at radius 2 is 1.88 bits per heavy atom. The van der Waals surface area contributed by atoms with Crippen molar-refractivity contribution < 1.29 is 23.8 Å². The molecule has 0 bridgehead atoms. The van der Waals surface area contributed by atoms with E-state index in [2.05, 4.69) is 5.32 Å². The van der Waals surface area contributed by atoms with Crippen LogP contribution in [0.3, 0.4) is 0 Å². The van der Waals surface area contributed by atoms with Crippen LogP contribution in [0.1, 0.15) is 17.3 Å². The summed E-state index contributed by atoms with van der Waals surface area (Å²) in [6, 6.07) is 14.0. The summed E-state index contributed by atoms with van der Waals surface area (Å²) in [4.78, 5) is 25.0. The summed E-state index contributed by atoms with van der Waals surface area (Å²) < 4.78 is 15.5. The van der Waals surface area contributed by atoms with Crippen molar-refractivity contribution in [2.75, 3.05) is 18.7 Å². The van der Waals surface area contributed by atoms with Gasteiger partial charge in [0.05, 0.1) is 6.61 Å². The van der Waals surface area contributed by atoms with Crippen molar-refractivity contribution in [2.24, 2.45) is 0 Å². The Kier molecular flexibility index (Phi) is 4.99. The van der Waals surface area contributed by atoms with E-state index in [-0.39, 0.29) is 19.0 Å². The highest BCUT2D eigenvalue weighted by Crippen LogP contribution is 2.33. The lowest BCUT2D eigenvalue weighted by Gasteiger charge is -2.08. The topological polar surface area (TPSA) is 73.9 Å². The Labute approximate surface area is 145 Å². The molecule has 0 atom stereocenters. The van der Waals surface area contributed by atoms with Gasteiger partial charge in [-0.1, -0.05) is 18.2 Å². The van der Waals surface area contributed by atoms with Crippen LogP contribution in [-0.4, -0.2) is 25.2 Å². The van der Waals surface area contributed by atoms with Crippen LogP contribution < -0.4 is 14.8 Å². The summed E-state index contributed by atoms with van der Waals surface area (Å²) in [7, 11) is 0. The molecule has 1 aliphatic rings. The van der Waals surface area contributed by atoms with Crippen molar-refractivity contribution in [3.63, 3.8) is 0 Å². The summed E-state index contributed by atoms with van der Waals surface area (Å²) in [5.41, 5.74) is 0.978. The molecule has 6 heteroatoms. The Morgan fingerprint density at radius 1 is 1.12 bits per heavy atom. The lowest BCUT2D eigenvalue weighted by Crippen LogP contribution is -2.17. The van der Waals surface area contributed by atoms with Gasteiger partial charge in [-0.15, -0.1) is 0 Å². The highest BCUT2D eigenvalue weighted by Gasteiger charge is 2.23. The fourth-order valence-electron chi connectivity index (χ4n) is 2.31. The van der Waals surface area contributed by atoms with Crippen LogP contribution in [0.25, 0.3) is 0 Å². The first kappa shape index (κ1) is 16.6. The number of Topliss-reactive ketones (excluding diaryl/α,β-unsaturated/α-hetero) is 1. The van der Waals surface area contributed by atoms with Gasteiger partial charge >= 0.3 is 5.97 Å². The van der Waals surface area contributed by atoms with Crippen molar-refractivity contribution in [1.82, 2.24) is 0 Å². The number of ketones is 1. The second kappa shape index (κ2) is 7.53.